The van der Waals surface area contributed by atoms with Crippen molar-refractivity contribution in [1.29, 1.82) is 0 Å². The molecule has 1 aliphatic rings. The van der Waals surface area contributed by atoms with Crippen molar-refractivity contribution in [2.24, 2.45) is 5.73 Å². The first-order valence-corrected chi connectivity index (χ1v) is 5.65. The lowest BCUT2D eigenvalue weighted by atomic mass is 10.1. The maximum Gasteiger partial charge on any atom is 0.134 e. The summed E-state index contributed by atoms with van der Waals surface area (Å²) in [4.78, 5) is 4.41. The average Bonchev–Trinajstić information content (AvgIpc) is 3.10. The summed E-state index contributed by atoms with van der Waals surface area (Å²) in [5, 5.41) is 5.87. The molecule has 0 radical (unpaired) electrons. The van der Waals surface area contributed by atoms with Gasteiger partial charge in [0, 0.05) is 18.1 Å². The molecule has 3 heteroatoms. The minimum Gasteiger partial charge on any atom is -0.363 e. The van der Waals surface area contributed by atoms with E-state index in [1.54, 1.807) is 0 Å². The molecule has 0 bridgehead atoms. The number of nitrogens with two attached hydrogens (primary N) is 1. The van der Waals surface area contributed by atoms with E-state index in [0.29, 0.717) is 6.54 Å². The third kappa shape index (κ3) is 1.53. The molecule has 1 aliphatic carbocycles. The van der Waals surface area contributed by atoms with Crippen molar-refractivity contribution in [1.82, 2.24) is 4.98 Å². The number of fused-ring (bicyclic) bond motifs is 1. The Morgan fingerprint density at radius 2 is 2.06 bits per heavy atom. The SMILES string of the molecule is NCC1(Nc2nccc3ccccc23)CC1. The van der Waals surface area contributed by atoms with Gasteiger partial charge in [-0.2, -0.15) is 0 Å². The Balaban J connectivity index is 2.03. The Kier molecular flexibility index (Phi) is 2.07. The van der Waals surface area contributed by atoms with Crippen LogP contribution in [-0.2, 0) is 0 Å². The molecule has 0 unspecified atom stereocenters. The zero-order chi connectivity index (χ0) is 11.0. The molecule has 1 aromatic heterocycles. The van der Waals surface area contributed by atoms with Crippen LogP contribution in [0.5, 0.6) is 0 Å². The van der Waals surface area contributed by atoms with Crippen LogP contribution in [0, 0.1) is 0 Å². The molecule has 0 spiro atoms. The van der Waals surface area contributed by atoms with E-state index in [1.807, 2.05) is 24.4 Å². The predicted octanol–water partition coefficient (Wildman–Crippen LogP) is 2.14. The molecule has 3 nitrogen and oxygen atoms in total. The number of anilines is 1. The molecule has 0 atom stereocenters. The molecular formula is C13H15N3. The first-order valence-electron chi connectivity index (χ1n) is 5.65. The Bertz CT molecular complexity index is 512. The zero-order valence-electron chi connectivity index (χ0n) is 9.11. The van der Waals surface area contributed by atoms with Crippen molar-refractivity contribution in [3.63, 3.8) is 0 Å². The van der Waals surface area contributed by atoms with Crippen LogP contribution in [0.1, 0.15) is 12.8 Å². The van der Waals surface area contributed by atoms with E-state index in [9.17, 15) is 0 Å². The fraction of sp³-hybridized carbons (Fsp3) is 0.308. The molecule has 3 rings (SSSR count). The second-order valence-electron chi connectivity index (χ2n) is 4.49. The van der Waals surface area contributed by atoms with Gasteiger partial charge in [0.15, 0.2) is 0 Å². The summed E-state index contributed by atoms with van der Waals surface area (Å²) in [5.41, 5.74) is 5.88. The predicted molar refractivity (Wildman–Crippen MR) is 66.4 cm³/mol. The first-order chi connectivity index (χ1) is 7.83. The Morgan fingerprint density at radius 3 is 2.81 bits per heavy atom. The molecule has 82 valence electrons. The van der Waals surface area contributed by atoms with Gasteiger partial charge in [-0.05, 0) is 24.3 Å². The molecule has 1 fully saturated rings. The molecule has 16 heavy (non-hydrogen) atoms. The van der Waals surface area contributed by atoms with Gasteiger partial charge in [0.05, 0.1) is 5.54 Å². The number of aromatic nitrogens is 1. The number of rotatable bonds is 3. The Hall–Kier alpha value is -1.61. The van der Waals surface area contributed by atoms with E-state index >= 15 is 0 Å². The number of benzene rings is 1. The van der Waals surface area contributed by atoms with E-state index in [4.69, 9.17) is 5.73 Å². The summed E-state index contributed by atoms with van der Waals surface area (Å²) in [6.45, 7) is 0.678. The molecule has 2 aromatic rings. The molecule has 0 saturated heterocycles. The number of nitrogens with zero attached hydrogens (tertiary/aromatic N) is 1. The average molecular weight is 213 g/mol. The van der Waals surface area contributed by atoms with Crippen LogP contribution in [0.3, 0.4) is 0 Å². The maximum absolute atomic E-state index is 5.77. The molecule has 0 amide bonds. The van der Waals surface area contributed by atoms with Crippen LogP contribution in [0.2, 0.25) is 0 Å². The quantitative estimate of drug-likeness (QED) is 0.821. The van der Waals surface area contributed by atoms with E-state index in [-0.39, 0.29) is 5.54 Å². The van der Waals surface area contributed by atoms with Crippen molar-refractivity contribution < 1.29 is 0 Å². The molecule has 1 saturated carbocycles. The summed E-state index contributed by atoms with van der Waals surface area (Å²) in [5.74, 6) is 0.959. The molecule has 3 N–H and O–H groups in total. The minimum atomic E-state index is 0.108. The standard InChI is InChI=1S/C13H15N3/c14-9-13(6-7-13)16-12-11-4-2-1-3-10(11)5-8-15-12/h1-5,8H,6-7,9,14H2,(H,15,16). The van der Waals surface area contributed by atoms with Crippen LogP contribution in [-0.4, -0.2) is 17.1 Å². The first kappa shape index (κ1) is 9.60. The lowest BCUT2D eigenvalue weighted by molar-refractivity contribution is 0.738. The van der Waals surface area contributed by atoms with Crippen molar-refractivity contribution >= 4 is 16.6 Å². The van der Waals surface area contributed by atoms with E-state index in [0.717, 1.165) is 18.7 Å². The maximum atomic E-state index is 5.77. The van der Waals surface area contributed by atoms with Crippen LogP contribution >= 0.6 is 0 Å². The normalized spacial score (nSPS) is 17.3. The van der Waals surface area contributed by atoms with Crippen molar-refractivity contribution in [2.75, 3.05) is 11.9 Å². The summed E-state index contributed by atoms with van der Waals surface area (Å²) in [7, 11) is 0. The summed E-state index contributed by atoms with van der Waals surface area (Å²) < 4.78 is 0. The minimum absolute atomic E-state index is 0.108. The monoisotopic (exact) mass is 213 g/mol. The van der Waals surface area contributed by atoms with Crippen LogP contribution in [0.25, 0.3) is 10.8 Å². The van der Waals surface area contributed by atoms with Gasteiger partial charge < -0.3 is 11.1 Å². The molecule has 0 aliphatic heterocycles. The fourth-order valence-electron chi connectivity index (χ4n) is 2.00. The van der Waals surface area contributed by atoms with Crippen molar-refractivity contribution in [2.45, 2.75) is 18.4 Å². The molecule has 1 heterocycles. The number of nitrogens with one attached hydrogen (secondary N) is 1. The van der Waals surface area contributed by atoms with Crippen LogP contribution < -0.4 is 11.1 Å². The van der Waals surface area contributed by atoms with E-state index in [2.05, 4.69) is 22.4 Å². The smallest absolute Gasteiger partial charge is 0.134 e. The van der Waals surface area contributed by atoms with Gasteiger partial charge in [-0.15, -0.1) is 0 Å². The van der Waals surface area contributed by atoms with Gasteiger partial charge in [-0.25, -0.2) is 4.98 Å². The number of hydrogen-bond donors (Lipinski definition) is 2. The topological polar surface area (TPSA) is 50.9 Å². The fourth-order valence-corrected chi connectivity index (χ4v) is 2.00. The zero-order valence-corrected chi connectivity index (χ0v) is 9.11. The second-order valence-corrected chi connectivity index (χ2v) is 4.49. The van der Waals surface area contributed by atoms with Crippen LogP contribution in [0.4, 0.5) is 5.82 Å². The number of pyridine rings is 1. The largest absolute Gasteiger partial charge is 0.363 e. The highest BCUT2D eigenvalue weighted by molar-refractivity contribution is 5.91. The summed E-state index contributed by atoms with van der Waals surface area (Å²) in [6, 6.07) is 10.3. The highest BCUT2D eigenvalue weighted by Gasteiger charge is 2.41. The van der Waals surface area contributed by atoms with Gasteiger partial charge in [-0.3, -0.25) is 0 Å². The van der Waals surface area contributed by atoms with Gasteiger partial charge >= 0.3 is 0 Å². The van der Waals surface area contributed by atoms with E-state index in [1.165, 1.54) is 10.8 Å². The summed E-state index contributed by atoms with van der Waals surface area (Å²) >= 11 is 0. The van der Waals surface area contributed by atoms with Crippen LogP contribution in [0.15, 0.2) is 36.5 Å². The highest BCUT2D eigenvalue weighted by Crippen LogP contribution is 2.38. The third-order valence-electron chi connectivity index (χ3n) is 3.30. The third-order valence-corrected chi connectivity index (χ3v) is 3.30. The van der Waals surface area contributed by atoms with Crippen molar-refractivity contribution in [3.05, 3.63) is 36.5 Å². The van der Waals surface area contributed by atoms with Gasteiger partial charge in [0.2, 0.25) is 0 Å². The van der Waals surface area contributed by atoms with Gasteiger partial charge in [0.25, 0.3) is 0 Å². The van der Waals surface area contributed by atoms with Gasteiger partial charge in [0.1, 0.15) is 5.82 Å². The Morgan fingerprint density at radius 1 is 1.25 bits per heavy atom. The van der Waals surface area contributed by atoms with E-state index < -0.39 is 0 Å². The highest BCUT2D eigenvalue weighted by atomic mass is 15.1. The Labute approximate surface area is 94.7 Å². The van der Waals surface area contributed by atoms with Gasteiger partial charge in [-0.1, -0.05) is 24.3 Å². The lowest BCUT2D eigenvalue weighted by Gasteiger charge is -2.16. The summed E-state index contributed by atoms with van der Waals surface area (Å²) in [6.07, 6.45) is 4.14. The lowest BCUT2D eigenvalue weighted by Crippen LogP contribution is -2.31. The molecule has 1 aromatic carbocycles. The van der Waals surface area contributed by atoms with Crippen molar-refractivity contribution in [3.8, 4) is 0 Å². The molecular weight excluding hydrogens is 198 g/mol. The number of hydrogen-bond acceptors (Lipinski definition) is 3. The second kappa shape index (κ2) is 3.46.